The summed E-state index contributed by atoms with van der Waals surface area (Å²) in [5.41, 5.74) is 1.98. The molecule has 3 N–H and O–H groups in total. The van der Waals surface area contributed by atoms with E-state index in [0.717, 1.165) is 43.2 Å². The number of phenolic OH excluding ortho intramolecular Hbond substituents is 2. The average molecular weight is 427 g/mol. The number of carbonyl (C=O) groups is 1. The molecule has 168 valence electrons. The van der Waals surface area contributed by atoms with Gasteiger partial charge in [-0.25, -0.2) is 0 Å². The van der Waals surface area contributed by atoms with Gasteiger partial charge < -0.3 is 20.1 Å². The molecule has 2 aromatic carbocycles. The van der Waals surface area contributed by atoms with E-state index < -0.39 is 0 Å². The highest BCUT2D eigenvalue weighted by Gasteiger charge is 2.06. The summed E-state index contributed by atoms with van der Waals surface area (Å²) in [7, 11) is 0. The molecule has 0 aliphatic heterocycles. The fourth-order valence-corrected chi connectivity index (χ4v) is 3.22. The Labute approximate surface area is 185 Å². The van der Waals surface area contributed by atoms with Crippen molar-refractivity contribution in [1.29, 1.82) is 0 Å². The van der Waals surface area contributed by atoms with Crippen LogP contribution >= 0.6 is 0 Å². The van der Waals surface area contributed by atoms with Crippen molar-refractivity contribution in [3.63, 3.8) is 0 Å². The summed E-state index contributed by atoms with van der Waals surface area (Å²) < 4.78 is 5.72. The second kappa shape index (κ2) is 13.5. The van der Waals surface area contributed by atoms with Gasteiger partial charge in [-0.05, 0) is 74.1 Å². The van der Waals surface area contributed by atoms with Crippen molar-refractivity contribution in [2.24, 2.45) is 0 Å². The number of hydrogen-bond acceptors (Lipinski definition) is 5. The summed E-state index contributed by atoms with van der Waals surface area (Å²) in [5, 5.41) is 28.6. The van der Waals surface area contributed by atoms with Crippen LogP contribution < -0.4 is 4.74 Å². The summed E-state index contributed by atoms with van der Waals surface area (Å²) in [6.07, 6.45) is 9.83. The van der Waals surface area contributed by atoms with Crippen LogP contribution in [0.25, 0.3) is 0 Å². The molecule has 0 bridgehead atoms. The van der Waals surface area contributed by atoms with Gasteiger partial charge in [0.1, 0.15) is 5.75 Å². The maximum absolute atomic E-state index is 12.1. The number of aliphatic hydroxyl groups excluding tert-OH is 1. The lowest BCUT2D eigenvalue weighted by Gasteiger charge is -2.10. The van der Waals surface area contributed by atoms with Gasteiger partial charge in [-0.3, -0.25) is 4.79 Å². The number of unbranched alkanes of at least 4 members (excludes halogenated alkanes) is 3. The van der Waals surface area contributed by atoms with E-state index >= 15 is 0 Å². The molecular formula is C26H34O5. The number of phenols is 2. The van der Waals surface area contributed by atoms with Gasteiger partial charge in [0, 0.05) is 12.8 Å². The molecular weight excluding hydrogens is 392 g/mol. The minimum absolute atomic E-state index is 0.0799. The van der Waals surface area contributed by atoms with Crippen LogP contribution in [0.5, 0.6) is 17.2 Å². The highest BCUT2D eigenvalue weighted by atomic mass is 16.5. The molecule has 0 radical (unpaired) electrons. The first-order valence-corrected chi connectivity index (χ1v) is 11.0. The SMILES string of the molecule is C[C@H](O)CCCCCC=CC(=O)CCc1ccc(O)c(OCCc2ccc(O)cc2)c1. The van der Waals surface area contributed by atoms with Crippen LogP contribution in [0.15, 0.2) is 54.6 Å². The molecule has 0 heterocycles. The van der Waals surface area contributed by atoms with Gasteiger partial charge in [0.25, 0.3) is 0 Å². The van der Waals surface area contributed by atoms with E-state index in [1.807, 2.05) is 18.2 Å². The molecule has 0 saturated carbocycles. The van der Waals surface area contributed by atoms with E-state index in [4.69, 9.17) is 4.74 Å². The third kappa shape index (κ3) is 10.2. The number of ether oxygens (including phenoxy) is 1. The number of aromatic hydroxyl groups is 2. The molecule has 31 heavy (non-hydrogen) atoms. The minimum Gasteiger partial charge on any atom is -0.508 e. The van der Waals surface area contributed by atoms with Crippen molar-refractivity contribution in [3.8, 4) is 17.2 Å². The molecule has 5 heteroatoms. The number of hydrogen-bond donors (Lipinski definition) is 3. The van der Waals surface area contributed by atoms with Crippen molar-refractivity contribution in [1.82, 2.24) is 0 Å². The third-order valence-electron chi connectivity index (χ3n) is 5.07. The fraction of sp³-hybridized carbons (Fsp3) is 0.423. The topological polar surface area (TPSA) is 87.0 Å². The van der Waals surface area contributed by atoms with Crippen molar-refractivity contribution < 1.29 is 24.9 Å². The Morgan fingerprint density at radius 3 is 2.48 bits per heavy atom. The van der Waals surface area contributed by atoms with Gasteiger partial charge in [0.05, 0.1) is 12.7 Å². The zero-order valence-electron chi connectivity index (χ0n) is 18.3. The number of aryl methyl sites for hydroxylation is 1. The first-order valence-electron chi connectivity index (χ1n) is 11.0. The van der Waals surface area contributed by atoms with E-state index in [0.29, 0.717) is 31.6 Å². The lowest BCUT2D eigenvalue weighted by Crippen LogP contribution is -2.02. The zero-order valence-corrected chi connectivity index (χ0v) is 18.3. The molecule has 0 aromatic heterocycles. The zero-order chi connectivity index (χ0) is 22.5. The number of aliphatic hydroxyl groups is 1. The van der Waals surface area contributed by atoms with Crippen molar-refractivity contribution >= 4 is 5.78 Å². The molecule has 0 fully saturated rings. The lowest BCUT2D eigenvalue weighted by molar-refractivity contribution is -0.114. The molecule has 0 spiro atoms. The molecule has 0 unspecified atom stereocenters. The largest absolute Gasteiger partial charge is 0.508 e. The van der Waals surface area contributed by atoms with Crippen LogP contribution in [0.2, 0.25) is 0 Å². The van der Waals surface area contributed by atoms with Gasteiger partial charge in [-0.2, -0.15) is 0 Å². The lowest BCUT2D eigenvalue weighted by atomic mass is 10.1. The second-order valence-corrected chi connectivity index (χ2v) is 7.92. The summed E-state index contributed by atoms with van der Waals surface area (Å²) in [5.74, 6) is 0.812. The predicted molar refractivity (Wildman–Crippen MR) is 123 cm³/mol. The molecule has 0 aliphatic carbocycles. The van der Waals surface area contributed by atoms with Crippen LogP contribution in [0.1, 0.15) is 56.6 Å². The average Bonchev–Trinajstić information content (AvgIpc) is 2.74. The summed E-state index contributed by atoms with van der Waals surface area (Å²) in [6, 6.07) is 12.1. The van der Waals surface area contributed by atoms with Crippen LogP contribution in [0.4, 0.5) is 0 Å². The first kappa shape index (κ1) is 24.5. The summed E-state index contributed by atoms with van der Waals surface area (Å²) >= 11 is 0. The molecule has 0 aliphatic rings. The Hall–Kier alpha value is -2.79. The number of benzene rings is 2. The normalized spacial score (nSPS) is 12.2. The standard InChI is InChI=1S/C26H34O5/c1-20(27)7-5-3-2-4-6-8-23(28)15-11-22-12-16-25(30)26(19-22)31-18-17-21-9-13-24(29)14-10-21/h6,8-10,12-14,16,19-20,27,29-30H,2-5,7,11,15,17-18H2,1H3/t20-/m0/s1. The van der Waals surface area contributed by atoms with Gasteiger partial charge >= 0.3 is 0 Å². The maximum atomic E-state index is 12.1. The number of allylic oxidation sites excluding steroid dienone is 2. The third-order valence-corrected chi connectivity index (χ3v) is 5.07. The van der Waals surface area contributed by atoms with Gasteiger partial charge in [0.2, 0.25) is 0 Å². The molecule has 2 rings (SSSR count). The molecule has 1 atom stereocenters. The Morgan fingerprint density at radius 2 is 1.74 bits per heavy atom. The van der Waals surface area contributed by atoms with Crippen molar-refractivity contribution in [2.45, 2.75) is 64.4 Å². The maximum Gasteiger partial charge on any atom is 0.161 e. The Morgan fingerprint density at radius 1 is 1.00 bits per heavy atom. The summed E-state index contributed by atoms with van der Waals surface area (Å²) in [4.78, 5) is 12.1. The van der Waals surface area contributed by atoms with Gasteiger partial charge in [0.15, 0.2) is 17.3 Å². The Kier molecular flexibility index (Phi) is 10.7. The van der Waals surface area contributed by atoms with Crippen molar-refractivity contribution in [2.75, 3.05) is 6.61 Å². The van der Waals surface area contributed by atoms with Crippen LogP contribution in [-0.4, -0.2) is 33.8 Å². The van der Waals surface area contributed by atoms with E-state index in [1.54, 1.807) is 43.3 Å². The first-order chi connectivity index (χ1) is 14.9. The van der Waals surface area contributed by atoms with E-state index in [-0.39, 0.29) is 23.4 Å². The fourth-order valence-electron chi connectivity index (χ4n) is 3.22. The summed E-state index contributed by atoms with van der Waals surface area (Å²) in [6.45, 7) is 2.21. The quantitative estimate of drug-likeness (QED) is 0.289. The van der Waals surface area contributed by atoms with Gasteiger partial charge in [-0.15, -0.1) is 0 Å². The number of ketones is 1. The molecule has 0 amide bonds. The molecule has 0 saturated heterocycles. The molecule has 2 aromatic rings. The Bertz CT molecular complexity index is 824. The van der Waals surface area contributed by atoms with Crippen LogP contribution in [0.3, 0.4) is 0 Å². The smallest absolute Gasteiger partial charge is 0.161 e. The van der Waals surface area contributed by atoms with E-state index in [2.05, 4.69) is 0 Å². The highest BCUT2D eigenvalue weighted by molar-refractivity contribution is 5.89. The van der Waals surface area contributed by atoms with Crippen molar-refractivity contribution in [3.05, 3.63) is 65.7 Å². The minimum atomic E-state index is -0.234. The highest BCUT2D eigenvalue weighted by Crippen LogP contribution is 2.27. The van der Waals surface area contributed by atoms with Crippen LogP contribution in [0, 0.1) is 0 Å². The monoisotopic (exact) mass is 426 g/mol. The molecule has 5 nitrogen and oxygen atoms in total. The van der Waals surface area contributed by atoms with E-state index in [1.165, 1.54) is 0 Å². The predicted octanol–water partition coefficient (Wildman–Crippen LogP) is 5.11. The van der Waals surface area contributed by atoms with Gasteiger partial charge in [-0.1, -0.05) is 37.1 Å². The van der Waals surface area contributed by atoms with E-state index in [9.17, 15) is 20.1 Å². The Balaban J connectivity index is 1.71. The number of rotatable bonds is 14. The second-order valence-electron chi connectivity index (χ2n) is 7.92. The number of carbonyl (C=O) groups excluding carboxylic acids is 1. The van der Waals surface area contributed by atoms with Crippen LogP contribution in [-0.2, 0) is 17.6 Å².